The third-order valence-electron chi connectivity index (χ3n) is 6.43. The highest BCUT2D eigenvalue weighted by molar-refractivity contribution is 7.92. The lowest BCUT2D eigenvalue weighted by atomic mass is 10.1. The number of anilines is 1. The highest BCUT2D eigenvalue weighted by Crippen LogP contribution is 2.27. The number of hydrogen-bond acceptors (Lipinski definition) is 6. The number of sulfonamides is 1. The highest BCUT2D eigenvalue weighted by Gasteiger charge is 2.33. The van der Waals surface area contributed by atoms with Crippen LogP contribution in [0.3, 0.4) is 0 Å². The molecule has 41 heavy (non-hydrogen) atoms. The summed E-state index contributed by atoms with van der Waals surface area (Å²) in [5, 5.41) is 2.92. The number of aryl methyl sites for hydroxylation is 1. The Hall–Kier alpha value is -4.05. The fraction of sp³-hybridized carbons (Fsp3) is 0.355. The normalized spacial score (nSPS) is 12.3. The van der Waals surface area contributed by atoms with Crippen molar-refractivity contribution in [3.8, 4) is 11.5 Å². The number of nitrogens with zero attached hydrogens (tertiary/aromatic N) is 2. The maximum absolute atomic E-state index is 14.0. The van der Waals surface area contributed by atoms with Crippen LogP contribution in [0, 0.1) is 6.92 Å². The number of carbonyl (C=O) groups is 2. The van der Waals surface area contributed by atoms with Gasteiger partial charge in [0, 0.05) is 12.1 Å². The van der Waals surface area contributed by atoms with Gasteiger partial charge in [-0.05, 0) is 88.7 Å². The van der Waals surface area contributed by atoms with Gasteiger partial charge >= 0.3 is 0 Å². The second-order valence-electron chi connectivity index (χ2n) is 10.8. The molecule has 1 N–H and O–H groups in total. The summed E-state index contributed by atoms with van der Waals surface area (Å²) >= 11 is 0. The topological polar surface area (TPSA) is 105 Å². The number of hydrogen-bond donors (Lipinski definition) is 1. The molecule has 0 saturated carbocycles. The summed E-state index contributed by atoms with van der Waals surface area (Å²) in [6.07, 6.45) is 0. The first-order chi connectivity index (χ1) is 19.2. The van der Waals surface area contributed by atoms with E-state index < -0.39 is 34.1 Å². The highest BCUT2D eigenvalue weighted by atomic mass is 32.2. The van der Waals surface area contributed by atoms with Crippen LogP contribution in [0.2, 0.25) is 0 Å². The van der Waals surface area contributed by atoms with E-state index in [0.717, 1.165) is 15.4 Å². The number of methoxy groups -OCH3 is 2. The van der Waals surface area contributed by atoms with Crippen LogP contribution in [0.4, 0.5) is 5.69 Å². The molecule has 0 radical (unpaired) electrons. The zero-order valence-corrected chi connectivity index (χ0v) is 25.5. The van der Waals surface area contributed by atoms with Crippen molar-refractivity contribution in [1.82, 2.24) is 10.2 Å². The van der Waals surface area contributed by atoms with Gasteiger partial charge in [-0.3, -0.25) is 13.9 Å². The molecule has 0 fully saturated rings. The number of amides is 2. The Morgan fingerprint density at radius 2 is 1.37 bits per heavy atom. The zero-order chi connectivity index (χ0) is 30.4. The summed E-state index contributed by atoms with van der Waals surface area (Å²) in [5.41, 5.74) is 1.42. The van der Waals surface area contributed by atoms with Crippen molar-refractivity contribution in [3.63, 3.8) is 0 Å². The van der Waals surface area contributed by atoms with Crippen molar-refractivity contribution < 1.29 is 27.5 Å². The minimum Gasteiger partial charge on any atom is -0.497 e. The minimum atomic E-state index is -4.15. The van der Waals surface area contributed by atoms with Crippen LogP contribution in [-0.2, 0) is 26.2 Å². The Labute approximate surface area is 243 Å². The van der Waals surface area contributed by atoms with Gasteiger partial charge in [0.25, 0.3) is 10.0 Å². The average Bonchev–Trinajstić information content (AvgIpc) is 2.93. The molecule has 0 aromatic heterocycles. The Morgan fingerprint density at radius 1 is 0.854 bits per heavy atom. The largest absolute Gasteiger partial charge is 0.497 e. The van der Waals surface area contributed by atoms with Crippen LogP contribution in [0.15, 0.2) is 77.7 Å². The van der Waals surface area contributed by atoms with E-state index in [0.29, 0.717) is 11.5 Å². The van der Waals surface area contributed by atoms with E-state index in [9.17, 15) is 18.0 Å². The number of nitrogens with one attached hydrogen (secondary N) is 1. The van der Waals surface area contributed by atoms with E-state index in [1.165, 1.54) is 24.1 Å². The summed E-state index contributed by atoms with van der Waals surface area (Å²) in [4.78, 5) is 28.7. The minimum absolute atomic E-state index is 0.0481. The lowest BCUT2D eigenvalue weighted by Gasteiger charge is -2.33. The van der Waals surface area contributed by atoms with E-state index in [2.05, 4.69) is 5.32 Å². The van der Waals surface area contributed by atoms with Crippen molar-refractivity contribution in [1.29, 1.82) is 0 Å². The van der Waals surface area contributed by atoms with E-state index in [1.807, 2.05) is 27.7 Å². The molecule has 0 heterocycles. The van der Waals surface area contributed by atoms with E-state index in [4.69, 9.17) is 9.47 Å². The molecule has 0 unspecified atom stereocenters. The Bertz CT molecular complexity index is 1430. The summed E-state index contributed by atoms with van der Waals surface area (Å²) in [6.45, 7) is 8.62. The number of ether oxygens (including phenoxy) is 2. The SMILES string of the molecule is COc1ccc(CN(C(=O)CN(c2ccc(OC)cc2)S(=O)(=O)c2ccc(C)cc2)[C@H](C)C(=O)NC(C)(C)C)cc1. The van der Waals surface area contributed by atoms with Gasteiger partial charge in [-0.2, -0.15) is 0 Å². The van der Waals surface area contributed by atoms with Gasteiger partial charge in [0.2, 0.25) is 11.8 Å². The molecular formula is C31H39N3O6S. The molecule has 0 bridgehead atoms. The number of rotatable bonds is 11. The van der Waals surface area contributed by atoms with Gasteiger partial charge in [-0.1, -0.05) is 29.8 Å². The third kappa shape index (κ3) is 8.23. The number of carbonyl (C=O) groups excluding carboxylic acids is 2. The summed E-state index contributed by atoms with van der Waals surface area (Å²) in [6, 6.07) is 19.1. The van der Waals surface area contributed by atoms with Crippen molar-refractivity contribution >= 4 is 27.5 Å². The Balaban J connectivity index is 2.03. The van der Waals surface area contributed by atoms with Crippen LogP contribution in [0.1, 0.15) is 38.8 Å². The van der Waals surface area contributed by atoms with Crippen LogP contribution in [0.25, 0.3) is 0 Å². The van der Waals surface area contributed by atoms with Gasteiger partial charge in [-0.15, -0.1) is 0 Å². The second kappa shape index (κ2) is 13.1. The molecular weight excluding hydrogens is 542 g/mol. The monoisotopic (exact) mass is 581 g/mol. The summed E-state index contributed by atoms with van der Waals surface area (Å²) in [7, 11) is -1.07. The van der Waals surface area contributed by atoms with Crippen molar-refractivity contribution in [2.45, 2.75) is 57.6 Å². The standard InChI is InChI=1S/C31H39N3O6S/c1-22-8-18-28(19-9-22)41(37,38)34(25-12-16-27(40-7)17-13-25)21-29(35)33(23(2)30(36)32-31(3,4)5)20-24-10-14-26(39-6)15-11-24/h8-19,23H,20-21H2,1-7H3,(H,32,36)/t23-/m1/s1. The lowest BCUT2D eigenvalue weighted by molar-refractivity contribution is -0.140. The molecule has 0 spiro atoms. The fourth-order valence-corrected chi connectivity index (χ4v) is 5.51. The molecule has 2 amide bonds. The molecule has 10 heteroatoms. The Kier molecular flexibility index (Phi) is 10.0. The van der Waals surface area contributed by atoms with Crippen LogP contribution >= 0.6 is 0 Å². The molecule has 0 aliphatic heterocycles. The molecule has 220 valence electrons. The first-order valence-corrected chi connectivity index (χ1v) is 14.7. The average molecular weight is 582 g/mol. The van der Waals surface area contributed by atoms with E-state index >= 15 is 0 Å². The van der Waals surface area contributed by atoms with Crippen molar-refractivity contribution in [2.75, 3.05) is 25.1 Å². The molecule has 9 nitrogen and oxygen atoms in total. The zero-order valence-electron chi connectivity index (χ0n) is 24.7. The smallest absolute Gasteiger partial charge is 0.264 e. The third-order valence-corrected chi connectivity index (χ3v) is 8.21. The van der Waals surface area contributed by atoms with E-state index in [1.54, 1.807) is 74.7 Å². The molecule has 0 saturated heterocycles. The van der Waals surface area contributed by atoms with Gasteiger partial charge < -0.3 is 19.7 Å². The fourth-order valence-electron chi connectivity index (χ4n) is 4.10. The van der Waals surface area contributed by atoms with Crippen molar-refractivity contribution in [3.05, 3.63) is 83.9 Å². The van der Waals surface area contributed by atoms with Crippen LogP contribution < -0.4 is 19.1 Å². The van der Waals surface area contributed by atoms with Gasteiger partial charge in [-0.25, -0.2) is 8.42 Å². The first kappa shape index (κ1) is 31.5. The summed E-state index contributed by atoms with van der Waals surface area (Å²) in [5.74, 6) is 0.307. The van der Waals surface area contributed by atoms with Crippen molar-refractivity contribution in [2.24, 2.45) is 0 Å². The quantitative estimate of drug-likeness (QED) is 0.357. The maximum Gasteiger partial charge on any atom is 0.264 e. The van der Waals surface area contributed by atoms with Gasteiger partial charge in [0.15, 0.2) is 0 Å². The predicted octanol–water partition coefficient (Wildman–Crippen LogP) is 4.54. The lowest BCUT2D eigenvalue weighted by Crippen LogP contribution is -2.54. The molecule has 0 aliphatic carbocycles. The van der Waals surface area contributed by atoms with Gasteiger partial charge in [0.05, 0.1) is 24.8 Å². The molecule has 3 aromatic rings. The summed E-state index contributed by atoms with van der Waals surface area (Å²) < 4.78 is 39.4. The molecule has 1 atom stereocenters. The Morgan fingerprint density at radius 3 is 1.85 bits per heavy atom. The molecule has 0 aliphatic rings. The van der Waals surface area contributed by atoms with Crippen LogP contribution in [-0.4, -0.2) is 57.5 Å². The predicted molar refractivity (Wildman–Crippen MR) is 160 cm³/mol. The first-order valence-electron chi connectivity index (χ1n) is 13.2. The maximum atomic E-state index is 14.0. The van der Waals surface area contributed by atoms with Gasteiger partial charge in [0.1, 0.15) is 24.1 Å². The molecule has 3 rings (SSSR count). The van der Waals surface area contributed by atoms with Crippen LogP contribution in [0.5, 0.6) is 11.5 Å². The van der Waals surface area contributed by atoms with E-state index in [-0.39, 0.29) is 23.0 Å². The molecule has 3 aromatic carbocycles. The number of benzene rings is 3. The second-order valence-corrected chi connectivity index (χ2v) is 12.7.